The molecule has 0 aliphatic heterocycles. The lowest BCUT2D eigenvalue weighted by Crippen LogP contribution is -2.44. The molecule has 0 spiro atoms. The minimum atomic E-state index is 0.737. The number of nitrogens with one attached hydrogen (secondary N) is 1. The highest BCUT2D eigenvalue weighted by atomic mass is 15.1. The van der Waals surface area contributed by atoms with Crippen molar-refractivity contribution in [2.45, 2.75) is 51.5 Å². The Morgan fingerprint density at radius 2 is 1.88 bits per heavy atom. The van der Waals surface area contributed by atoms with Gasteiger partial charge in [-0.2, -0.15) is 0 Å². The summed E-state index contributed by atoms with van der Waals surface area (Å²) in [5.41, 5.74) is 0. The first-order chi connectivity index (χ1) is 7.83. The lowest BCUT2D eigenvalue weighted by Gasteiger charge is -2.30. The summed E-state index contributed by atoms with van der Waals surface area (Å²) < 4.78 is 0. The lowest BCUT2D eigenvalue weighted by atomic mass is 9.97. The van der Waals surface area contributed by atoms with Gasteiger partial charge < -0.3 is 10.2 Å². The maximum Gasteiger partial charge on any atom is 0.0220 e. The first-order valence-electron chi connectivity index (χ1n) is 7.23. The van der Waals surface area contributed by atoms with Crippen molar-refractivity contribution in [3.63, 3.8) is 0 Å². The summed E-state index contributed by atoms with van der Waals surface area (Å²) in [6.45, 7) is 6.15. The Morgan fingerprint density at radius 3 is 2.38 bits per heavy atom. The zero-order valence-electron chi connectivity index (χ0n) is 11.0. The predicted octanol–water partition coefficient (Wildman–Crippen LogP) is 2.50. The smallest absolute Gasteiger partial charge is 0.0220 e. The summed E-state index contributed by atoms with van der Waals surface area (Å²) in [6.07, 6.45) is 8.77. The molecule has 1 atom stereocenters. The third-order valence-electron chi connectivity index (χ3n) is 4.46. The highest BCUT2D eigenvalue weighted by Crippen LogP contribution is 2.31. The molecule has 2 nitrogen and oxygen atoms in total. The van der Waals surface area contributed by atoms with Crippen LogP contribution >= 0.6 is 0 Å². The Bertz CT molecular complexity index is 195. The number of likely N-dealkylation sites (N-methyl/N-ethyl adjacent to an activating group) is 2. The molecule has 2 heteroatoms. The first-order valence-corrected chi connectivity index (χ1v) is 7.23. The van der Waals surface area contributed by atoms with Gasteiger partial charge in [-0.1, -0.05) is 19.8 Å². The van der Waals surface area contributed by atoms with Crippen LogP contribution in [0.4, 0.5) is 0 Å². The fourth-order valence-corrected chi connectivity index (χ4v) is 3.11. The number of rotatable bonds is 7. The van der Waals surface area contributed by atoms with Gasteiger partial charge in [-0.05, 0) is 51.1 Å². The van der Waals surface area contributed by atoms with Crippen LogP contribution in [0.1, 0.15) is 45.4 Å². The summed E-state index contributed by atoms with van der Waals surface area (Å²) in [6, 6.07) is 0.737. The van der Waals surface area contributed by atoms with E-state index in [0.717, 1.165) is 17.9 Å². The zero-order valence-corrected chi connectivity index (χ0v) is 11.0. The van der Waals surface area contributed by atoms with Gasteiger partial charge in [0, 0.05) is 19.1 Å². The van der Waals surface area contributed by atoms with Gasteiger partial charge in [-0.15, -0.1) is 0 Å². The second-order valence-electron chi connectivity index (χ2n) is 5.74. The highest BCUT2D eigenvalue weighted by Gasteiger charge is 2.28. The summed E-state index contributed by atoms with van der Waals surface area (Å²) in [7, 11) is 2.15. The molecule has 0 aromatic heterocycles. The van der Waals surface area contributed by atoms with Crippen molar-refractivity contribution < 1.29 is 0 Å². The lowest BCUT2D eigenvalue weighted by molar-refractivity contribution is 0.215. The van der Waals surface area contributed by atoms with Gasteiger partial charge in [0.2, 0.25) is 0 Å². The van der Waals surface area contributed by atoms with Crippen LogP contribution in [0.25, 0.3) is 0 Å². The Labute approximate surface area is 101 Å². The molecule has 0 aromatic carbocycles. The van der Waals surface area contributed by atoms with Crippen LogP contribution in [0.5, 0.6) is 0 Å². The van der Waals surface area contributed by atoms with E-state index in [4.69, 9.17) is 0 Å². The molecule has 2 aliphatic carbocycles. The van der Waals surface area contributed by atoms with E-state index in [1.54, 1.807) is 0 Å². The van der Waals surface area contributed by atoms with Crippen molar-refractivity contribution >= 4 is 0 Å². The van der Waals surface area contributed by atoms with Crippen LogP contribution in [-0.4, -0.2) is 37.6 Å². The van der Waals surface area contributed by atoms with E-state index in [1.165, 1.54) is 58.2 Å². The summed E-state index contributed by atoms with van der Waals surface area (Å²) >= 11 is 0. The molecule has 2 rings (SSSR count). The molecular formula is C14H28N2. The third kappa shape index (κ3) is 3.46. The second-order valence-corrected chi connectivity index (χ2v) is 5.74. The summed E-state index contributed by atoms with van der Waals surface area (Å²) in [5, 5.41) is 3.56. The zero-order chi connectivity index (χ0) is 11.4. The molecular weight excluding hydrogens is 196 g/mol. The molecule has 2 saturated carbocycles. The van der Waals surface area contributed by atoms with Crippen molar-refractivity contribution in [1.29, 1.82) is 0 Å². The van der Waals surface area contributed by atoms with Crippen LogP contribution < -0.4 is 5.32 Å². The molecule has 2 fully saturated rings. The van der Waals surface area contributed by atoms with E-state index in [2.05, 4.69) is 24.2 Å². The first kappa shape index (κ1) is 12.4. The third-order valence-corrected chi connectivity index (χ3v) is 4.46. The monoisotopic (exact) mass is 224 g/mol. The normalized spacial score (nSPS) is 24.2. The van der Waals surface area contributed by atoms with Crippen molar-refractivity contribution in [2.75, 3.05) is 26.7 Å². The molecule has 1 unspecified atom stereocenters. The van der Waals surface area contributed by atoms with Crippen LogP contribution in [0.3, 0.4) is 0 Å². The van der Waals surface area contributed by atoms with Gasteiger partial charge in [0.15, 0.2) is 0 Å². The Balaban J connectivity index is 1.77. The minimum Gasteiger partial charge on any atom is -0.315 e. The maximum atomic E-state index is 3.56. The number of hydrogen-bond donors (Lipinski definition) is 1. The van der Waals surface area contributed by atoms with Crippen molar-refractivity contribution in [3.8, 4) is 0 Å². The number of nitrogens with zero attached hydrogens (tertiary/aromatic N) is 1. The topological polar surface area (TPSA) is 15.3 Å². The summed E-state index contributed by atoms with van der Waals surface area (Å²) in [5.74, 6) is 1.97. The molecule has 0 heterocycles. The largest absolute Gasteiger partial charge is 0.315 e. The summed E-state index contributed by atoms with van der Waals surface area (Å²) in [4.78, 5) is 2.66. The standard InChI is InChI=1S/C14H28N2/c1-3-16(10-12-8-9-12)11-14(15-2)13-6-4-5-7-13/h12-15H,3-11H2,1-2H3. The Hall–Kier alpha value is -0.0800. The van der Waals surface area contributed by atoms with Crippen molar-refractivity contribution in [3.05, 3.63) is 0 Å². The second kappa shape index (κ2) is 6.02. The van der Waals surface area contributed by atoms with E-state index in [1.807, 2.05) is 0 Å². The molecule has 0 bridgehead atoms. The molecule has 0 amide bonds. The van der Waals surface area contributed by atoms with Gasteiger partial charge >= 0.3 is 0 Å². The average Bonchev–Trinajstić information content (AvgIpc) is 2.95. The van der Waals surface area contributed by atoms with Crippen molar-refractivity contribution in [1.82, 2.24) is 10.2 Å². The maximum absolute atomic E-state index is 3.56. The van der Waals surface area contributed by atoms with E-state index in [9.17, 15) is 0 Å². The van der Waals surface area contributed by atoms with Crippen molar-refractivity contribution in [2.24, 2.45) is 11.8 Å². The van der Waals surface area contributed by atoms with Gasteiger partial charge in [0.1, 0.15) is 0 Å². The van der Waals surface area contributed by atoms with Crippen LogP contribution in [0.15, 0.2) is 0 Å². The van der Waals surface area contributed by atoms with Gasteiger partial charge in [-0.3, -0.25) is 0 Å². The predicted molar refractivity (Wildman–Crippen MR) is 69.6 cm³/mol. The minimum absolute atomic E-state index is 0.737. The van der Waals surface area contributed by atoms with Gasteiger partial charge in [0.05, 0.1) is 0 Å². The molecule has 0 aromatic rings. The van der Waals surface area contributed by atoms with Gasteiger partial charge in [-0.25, -0.2) is 0 Å². The molecule has 0 saturated heterocycles. The Morgan fingerprint density at radius 1 is 1.19 bits per heavy atom. The van der Waals surface area contributed by atoms with E-state index in [-0.39, 0.29) is 0 Å². The number of hydrogen-bond acceptors (Lipinski definition) is 2. The van der Waals surface area contributed by atoms with E-state index < -0.39 is 0 Å². The van der Waals surface area contributed by atoms with E-state index in [0.29, 0.717) is 0 Å². The average molecular weight is 224 g/mol. The Kier molecular flexibility index (Phi) is 4.66. The molecule has 1 N–H and O–H groups in total. The molecule has 16 heavy (non-hydrogen) atoms. The fraction of sp³-hybridized carbons (Fsp3) is 1.00. The molecule has 2 aliphatic rings. The van der Waals surface area contributed by atoms with Crippen LogP contribution in [-0.2, 0) is 0 Å². The van der Waals surface area contributed by atoms with Crippen LogP contribution in [0, 0.1) is 11.8 Å². The van der Waals surface area contributed by atoms with Gasteiger partial charge in [0.25, 0.3) is 0 Å². The molecule has 94 valence electrons. The SMILES string of the molecule is CCN(CC1CC1)CC(NC)C1CCCC1. The molecule has 0 radical (unpaired) electrons. The van der Waals surface area contributed by atoms with Crippen LogP contribution in [0.2, 0.25) is 0 Å². The fourth-order valence-electron chi connectivity index (χ4n) is 3.11. The van der Waals surface area contributed by atoms with E-state index >= 15 is 0 Å². The highest BCUT2D eigenvalue weighted by molar-refractivity contribution is 4.84. The quantitative estimate of drug-likeness (QED) is 0.715.